The number of benzene rings is 1. The van der Waals surface area contributed by atoms with E-state index in [2.05, 4.69) is 59.5 Å². The van der Waals surface area contributed by atoms with Crippen LogP contribution in [0, 0.1) is 186 Å². The van der Waals surface area contributed by atoms with Crippen molar-refractivity contribution in [2.24, 2.45) is 0 Å². The van der Waals surface area contributed by atoms with Crippen LogP contribution in [0.15, 0.2) is 111 Å². The highest BCUT2D eigenvalue weighted by Gasteiger charge is 2.24. The number of aryl methyl sites for hydroxylation is 11. The highest BCUT2D eigenvalue weighted by atomic mass is 35.5. The number of carbonyl (C=O) groups is 2. The second-order valence-corrected chi connectivity index (χ2v) is 22.8. The number of nitrogen functional groups attached to an aromatic ring is 1. The lowest BCUT2D eigenvalue weighted by Crippen LogP contribution is -2.26. The van der Waals surface area contributed by atoms with Gasteiger partial charge in [0.05, 0.1) is 55.3 Å². The molecule has 0 radical (unpaired) electrons. The standard InChI is InChI=1S/C15H15N3.C10H12N2O4.C10H14N2O2.C8H7ClN2.C8H7N3O2.C7H8N2O3.C7H9NO.C7H9N/c1-11-9-17-14(8-16)12(2)15(11)18-10-13-6-4-3-5-7-13;1-4-16-10(13)8-7(3)9(12(14)15)6(2)5-11-8;1-4-14-10(13)9-7(3)8(11)6(2)5-12-9;1-5-4-11-7(3-10)6(2)8(5)9;1-5-4-10-7(3-9)6(2)8(5)11(12)13;1-5-3-8(10)4-6(2)7(5)9(11)12;1-6-3-7(2)5-8(9)4-6;1-6-3-7(2)5-8-4-6/h3-7,9H,10H2,1-2H3,(H,17,18);5H,4H2,1-3H3;5H,4H2,1-3H3,(H2,11,12);4H,1-2H3;4H,1-2H3;3-4H,1-2H3;3-5H,1-2H3;3-5H,1-2H3. The van der Waals surface area contributed by atoms with Crippen molar-refractivity contribution in [1.29, 1.82) is 15.8 Å². The van der Waals surface area contributed by atoms with Crippen LogP contribution in [-0.4, -0.2) is 69.8 Å². The van der Waals surface area contributed by atoms with E-state index in [-0.39, 0.29) is 40.6 Å². The Bertz CT molecular complexity index is 4460. The molecule has 28 nitrogen and oxygen atoms in total. The van der Waals surface area contributed by atoms with Crippen molar-refractivity contribution in [3.05, 3.63) is 279 Å². The van der Waals surface area contributed by atoms with Crippen molar-refractivity contribution in [2.45, 2.75) is 131 Å². The minimum Gasteiger partial charge on any atom is -0.619 e. The molecule has 0 saturated carbocycles. The van der Waals surface area contributed by atoms with Gasteiger partial charge < -0.3 is 30.9 Å². The third kappa shape index (κ3) is 26.5. The molecule has 8 heterocycles. The van der Waals surface area contributed by atoms with Gasteiger partial charge in [0.15, 0.2) is 36.2 Å². The van der Waals surface area contributed by atoms with Gasteiger partial charge in [0.25, 0.3) is 17.1 Å². The fourth-order valence-corrected chi connectivity index (χ4v) is 9.28. The van der Waals surface area contributed by atoms with Crippen LogP contribution in [0.2, 0.25) is 5.02 Å². The molecule has 0 spiro atoms. The molecule has 101 heavy (non-hydrogen) atoms. The van der Waals surface area contributed by atoms with E-state index in [1.54, 1.807) is 92.4 Å². The number of aromatic nitrogens is 8. The van der Waals surface area contributed by atoms with Crippen LogP contribution >= 0.6 is 11.6 Å². The SMILES string of the molecule is CCOC(=O)c1ncc(C)c(N)c1C.CCOC(=O)c1ncc(C)c([N+](=O)[O-])c1C.Cc1c[n+]([O-])cc(C)c1[N+](=O)[O-].Cc1cc(C)c[n+]([O-])c1.Cc1cnc(C#N)c(C)c1Cl.Cc1cnc(C#N)c(C)c1NCc1ccccc1.Cc1cnc(C#N)c(C)c1[N+](=O)[O-].Cc1cncc(C)c1. The Morgan fingerprint density at radius 2 is 0.881 bits per heavy atom. The van der Waals surface area contributed by atoms with E-state index in [0.717, 1.165) is 55.9 Å². The highest BCUT2D eigenvalue weighted by molar-refractivity contribution is 6.32. The summed E-state index contributed by atoms with van der Waals surface area (Å²) in [4.78, 5) is 76.8. The number of nitrogens with one attached hydrogen (secondary N) is 1. The lowest BCUT2D eigenvalue weighted by Gasteiger charge is -2.13. The fraction of sp³-hybridized carbons (Fsp3) is 0.292. The van der Waals surface area contributed by atoms with E-state index in [0.29, 0.717) is 72.5 Å². The van der Waals surface area contributed by atoms with Crippen LogP contribution in [0.4, 0.5) is 28.4 Å². The Morgan fingerprint density at radius 1 is 0.495 bits per heavy atom. The predicted molar refractivity (Wildman–Crippen MR) is 381 cm³/mol. The van der Waals surface area contributed by atoms with Crippen LogP contribution in [0.25, 0.3) is 0 Å². The number of esters is 2. The number of anilines is 2. The lowest BCUT2D eigenvalue weighted by atomic mass is 10.1. The van der Waals surface area contributed by atoms with Gasteiger partial charge in [-0.2, -0.15) is 25.2 Å². The summed E-state index contributed by atoms with van der Waals surface area (Å²) in [5.41, 5.74) is 21.7. The first-order valence-electron chi connectivity index (χ1n) is 30.7. The van der Waals surface area contributed by atoms with Crippen LogP contribution in [-0.2, 0) is 16.0 Å². The van der Waals surface area contributed by atoms with E-state index in [1.165, 1.54) is 55.3 Å². The number of carbonyl (C=O) groups excluding carboxylic acids is 2. The molecule has 1 aromatic carbocycles. The van der Waals surface area contributed by atoms with E-state index in [1.807, 2.05) is 98.1 Å². The van der Waals surface area contributed by atoms with Crippen molar-refractivity contribution < 1.29 is 43.3 Å². The number of pyridine rings is 8. The van der Waals surface area contributed by atoms with Gasteiger partial charge in [0, 0.05) is 100 Å². The molecule has 0 aliphatic heterocycles. The van der Waals surface area contributed by atoms with Gasteiger partial charge in [-0.15, -0.1) is 0 Å². The first-order valence-corrected chi connectivity index (χ1v) is 31.1. The van der Waals surface area contributed by atoms with E-state index in [4.69, 9.17) is 42.6 Å². The molecule has 0 fully saturated rings. The van der Waals surface area contributed by atoms with Gasteiger partial charge in [-0.25, -0.2) is 34.5 Å². The minimum absolute atomic E-state index is 0.000787. The molecule has 8 aromatic heterocycles. The molecule has 0 unspecified atom stereocenters. The van der Waals surface area contributed by atoms with Gasteiger partial charge in [-0.3, -0.25) is 35.3 Å². The zero-order valence-corrected chi connectivity index (χ0v) is 60.4. The van der Waals surface area contributed by atoms with E-state index < -0.39 is 26.7 Å². The first-order chi connectivity index (χ1) is 47.5. The number of nitriles is 3. The molecular weight excluding hydrogens is 1320 g/mol. The van der Waals surface area contributed by atoms with Crippen molar-refractivity contribution in [3.63, 3.8) is 0 Å². The second kappa shape index (κ2) is 41.6. The van der Waals surface area contributed by atoms with Crippen LogP contribution in [0.5, 0.6) is 0 Å². The van der Waals surface area contributed by atoms with Gasteiger partial charge in [-0.1, -0.05) is 48.0 Å². The minimum atomic E-state index is -0.636. The number of hydrogen-bond acceptors (Lipinski definition) is 23. The van der Waals surface area contributed by atoms with E-state index >= 15 is 0 Å². The molecule has 0 amide bonds. The van der Waals surface area contributed by atoms with E-state index in [9.17, 15) is 50.3 Å². The summed E-state index contributed by atoms with van der Waals surface area (Å²) in [5, 5.41) is 83.4. The summed E-state index contributed by atoms with van der Waals surface area (Å²) < 4.78 is 11.0. The van der Waals surface area contributed by atoms with Gasteiger partial charge in [0.2, 0.25) is 0 Å². The maximum absolute atomic E-state index is 11.4. The maximum atomic E-state index is 11.4. The average Bonchev–Trinajstić information content (AvgIpc) is 0.867. The molecule has 0 aliphatic carbocycles. The summed E-state index contributed by atoms with van der Waals surface area (Å²) in [7, 11) is 0. The quantitative estimate of drug-likeness (QED) is 0.0422. The smallest absolute Gasteiger partial charge is 0.357 e. The summed E-state index contributed by atoms with van der Waals surface area (Å²) in [6.45, 7) is 33.1. The molecule has 9 rings (SSSR count). The molecule has 0 aliphatic rings. The summed E-state index contributed by atoms with van der Waals surface area (Å²) in [6.07, 6.45) is 16.7. The van der Waals surface area contributed by atoms with Gasteiger partial charge in [0.1, 0.15) is 35.3 Å². The normalized spacial score (nSPS) is 9.66. The van der Waals surface area contributed by atoms with Crippen molar-refractivity contribution in [1.82, 2.24) is 29.9 Å². The Balaban J connectivity index is 0.000000397. The number of ether oxygens (including phenoxy) is 2. The number of nitrogens with zero attached hydrogens (tertiary/aromatic N) is 14. The highest BCUT2D eigenvalue weighted by Crippen LogP contribution is 2.27. The molecule has 9 aromatic rings. The molecule has 0 atom stereocenters. The molecule has 0 bridgehead atoms. The molecule has 0 saturated heterocycles. The second-order valence-electron chi connectivity index (χ2n) is 22.4. The summed E-state index contributed by atoms with van der Waals surface area (Å²) in [5.74, 6) is -1.06. The molecule has 3 N–H and O–H groups in total. The molecule has 29 heteroatoms. The van der Waals surface area contributed by atoms with Crippen LogP contribution in [0.1, 0.15) is 146 Å². The Hall–Kier alpha value is -12.5. The van der Waals surface area contributed by atoms with Crippen LogP contribution in [0.3, 0.4) is 0 Å². The van der Waals surface area contributed by atoms with Crippen molar-refractivity contribution >= 4 is 52.0 Å². The zero-order valence-electron chi connectivity index (χ0n) is 59.6. The Kier molecular flexibility index (Phi) is 34.8. The van der Waals surface area contributed by atoms with Gasteiger partial charge >= 0.3 is 11.9 Å². The summed E-state index contributed by atoms with van der Waals surface area (Å²) in [6, 6.07) is 20.1. The largest absolute Gasteiger partial charge is 0.619 e. The lowest BCUT2D eigenvalue weighted by molar-refractivity contribution is -0.606. The molecular formula is C72H81ClN16O12. The Morgan fingerprint density at radius 3 is 1.31 bits per heavy atom. The topological polar surface area (TPSA) is 423 Å². The summed E-state index contributed by atoms with van der Waals surface area (Å²) >= 11 is 5.87. The zero-order chi connectivity index (χ0) is 76.5. The number of nitrogens with two attached hydrogens (primary N) is 1. The average molecular weight is 1400 g/mol. The number of halogens is 1. The number of nitro groups is 3. The predicted octanol–water partition coefficient (Wildman–Crippen LogP) is 13.6. The number of hydrogen-bond donors (Lipinski definition) is 2. The Labute approximate surface area is 591 Å². The van der Waals surface area contributed by atoms with Gasteiger partial charge in [-0.05, 0) is 164 Å². The number of rotatable bonds is 10. The van der Waals surface area contributed by atoms with Crippen molar-refractivity contribution in [3.8, 4) is 18.2 Å². The van der Waals surface area contributed by atoms with Crippen molar-refractivity contribution in [2.75, 3.05) is 24.3 Å². The maximum Gasteiger partial charge on any atom is 0.357 e. The fourth-order valence-electron chi connectivity index (χ4n) is 9.14. The van der Waals surface area contributed by atoms with Crippen LogP contribution < -0.4 is 20.5 Å². The third-order valence-electron chi connectivity index (χ3n) is 14.1. The molecule has 528 valence electrons. The third-order valence-corrected chi connectivity index (χ3v) is 14.7. The first kappa shape index (κ1) is 84.6. The monoisotopic (exact) mass is 1400 g/mol.